The summed E-state index contributed by atoms with van der Waals surface area (Å²) in [5.41, 5.74) is 5.08. The molecule has 1 unspecified atom stereocenters. The van der Waals surface area contributed by atoms with Crippen LogP contribution in [0.3, 0.4) is 0 Å². The maximum absolute atomic E-state index is 9.07. The van der Waals surface area contributed by atoms with Crippen molar-refractivity contribution in [3.8, 4) is 0 Å². The van der Waals surface area contributed by atoms with Crippen molar-refractivity contribution in [2.75, 3.05) is 0 Å². The summed E-state index contributed by atoms with van der Waals surface area (Å²) >= 11 is 0. The van der Waals surface area contributed by atoms with Crippen LogP contribution in [0.15, 0.2) is 4.52 Å². The minimum absolute atomic E-state index is 0.198. The SMILES string of the molecule is CC(O)c1nc(C(C)(C)N)no1. The molecule has 12 heavy (non-hydrogen) atoms. The van der Waals surface area contributed by atoms with Crippen LogP contribution in [0.1, 0.15) is 38.6 Å². The normalized spacial score (nSPS) is 14.8. The molecule has 3 N–H and O–H groups in total. The standard InChI is InChI=1S/C7H13N3O2/c1-4(11)5-9-6(10-12-5)7(2,3)8/h4,11H,8H2,1-3H3. The molecule has 0 spiro atoms. The molecule has 1 heterocycles. The first kappa shape index (κ1) is 9.15. The van der Waals surface area contributed by atoms with Gasteiger partial charge in [0.1, 0.15) is 6.10 Å². The van der Waals surface area contributed by atoms with Gasteiger partial charge >= 0.3 is 0 Å². The first-order valence-electron chi connectivity index (χ1n) is 3.72. The Morgan fingerprint density at radius 3 is 2.42 bits per heavy atom. The second-order valence-electron chi connectivity index (χ2n) is 3.35. The van der Waals surface area contributed by atoms with Gasteiger partial charge in [-0.05, 0) is 20.8 Å². The number of nitrogens with zero attached hydrogens (tertiary/aromatic N) is 2. The molecule has 1 rings (SSSR count). The Hall–Kier alpha value is -0.940. The van der Waals surface area contributed by atoms with Crippen molar-refractivity contribution >= 4 is 0 Å². The summed E-state index contributed by atoms with van der Waals surface area (Å²) in [6, 6.07) is 0. The van der Waals surface area contributed by atoms with E-state index in [4.69, 9.17) is 15.4 Å². The highest BCUT2D eigenvalue weighted by Gasteiger charge is 2.22. The van der Waals surface area contributed by atoms with E-state index in [0.29, 0.717) is 5.82 Å². The summed E-state index contributed by atoms with van der Waals surface area (Å²) in [5, 5.41) is 12.7. The molecule has 0 aliphatic carbocycles. The Balaban J connectivity index is 2.92. The molecule has 5 heteroatoms. The fourth-order valence-electron chi connectivity index (χ4n) is 0.667. The summed E-state index contributed by atoms with van der Waals surface area (Å²) in [7, 11) is 0. The lowest BCUT2D eigenvalue weighted by Gasteiger charge is -2.11. The van der Waals surface area contributed by atoms with Crippen LogP contribution in [0.2, 0.25) is 0 Å². The minimum atomic E-state index is -0.742. The van der Waals surface area contributed by atoms with Crippen LogP contribution in [0.25, 0.3) is 0 Å². The Bertz CT molecular complexity index is 262. The van der Waals surface area contributed by atoms with Gasteiger partial charge in [-0.3, -0.25) is 0 Å². The fraction of sp³-hybridized carbons (Fsp3) is 0.714. The fourth-order valence-corrected chi connectivity index (χ4v) is 0.667. The van der Waals surface area contributed by atoms with Crippen molar-refractivity contribution in [1.82, 2.24) is 10.1 Å². The summed E-state index contributed by atoms with van der Waals surface area (Å²) in [6.07, 6.45) is -0.742. The second-order valence-corrected chi connectivity index (χ2v) is 3.35. The van der Waals surface area contributed by atoms with Crippen LogP contribution < -0.4 is 5.73 Å². The molecule has 0 aliphatic rings. The zero-order valence-corrected chi connectivity index (χ0v) is 7.40. The summed E-state index contributed by atoms with van der Waals surface area (Å²) in [5.74, 6) is 0.599. The first-order chi connectivity index (χ1) is 5.41. The molecule has 5 nitrogen and oxygen atoms in total. The first-order valence-corrected chi connectivity index (χ1v) is 3.72. The number of aromatic nitrogens is 2. The van der Waals surface area contributed by atoms with Gasteiger partial charge in [-0.15, -0.1) is 0 Å². The van der Waals surface area contributed by atoms with Crippen LogP contribution in [0.5, 0.6) is 0 Å². The van der Waals surface area contributed by atoms with Gasteiger partial charge < -0.3 is 15.4 Å². The minimum Gasteiger partial charge on any atom is -0.384 e. The average Bonchev–Trinajstić information content (AvgIpc) is 2.30. The van der Waals surface area contributed by atoms with E-state index >= 15 is 0 Å². The van der Waals surface area contributed by atoms with Crippen molar-refractivity contribution in [2.24, 2.45) is 5.73 Å². The van der Waals surface area contributed by atoms with Gasteiger partial charge in [-0.1, -0.05) is 5.16 Å². The molecule has 1 aromatic heterocycles. The van der Waals surface area contributed by atoms with Gasteiger partial charge in [0.25, 0.3) is 5.89 Å². The molecular weight excluding hydrogens is 158 g/mol. The maximum Gasteiger partial charge on any atom is 0.255 e. The average molecular weight is 171 g/mol. The van der Waals surface area contributed by atoms with Crippen molar-refractivity contribution < 1.29 is 9.63 Å². The zero-order chi connectivity index (χ0) is 9.35. The molecule has 0 bridgehead atoms. The highest BCUT2D eigenvalue weighted by Crippen LogP contribution is 2.15. The zero-order valence-electron chi connectivity index (χ0n) is 7.40. The van der Waals surface area contributed by atoms with E-state index in [2.05, 4.69) is 10.1 Å². The molecule has 0 saturated heterocycles. The van der Waals surface area contributed by atoms with Gasteiger partial charge in [0.2, 0.25) is 0 Å². The van der Waals surface area contributed by atoms with Crippen molar-refractivity contribution in [3.05, 3.63) is 11.7 Å². The van der Waals surface area contributed by atoms with Gasteiger partial charge in [-0.25, -0.2) is 0 Å². The molecule has 68 valence electrons. The molecule has 1 atom stereocenters. The van der Waals surface area contributed by atoms with Gasteiger partial charge in [0.05, 0.1) is 5.54 Å². The third-order valence-corrected chi connectivity index (χ3v) is 1.38. The third kappa shape index (κ3) is 1.80. The Morgan fingerprint density at radius 2 is 2.17 bits per heavy atom. The van der Waals surface area contributed by atoms with Gasteiger partial charge in [0.15, 0.2) is 5.82 Å². The largest absolute Gasteiger partial charge is 0.384 e. The predicted molar refractivity (Wildman–Crippen MR) is 42.1 cm³/mol. The number of nitrogens with two attached hydrogens (primary N) is 1. The number of hydrogen-bond donors (Lipinski definition) is 2. The van der Waals surface area contributed by atoms with E-state index in [1.807, 2.05) is 0 Å². The Kier molecular flexibility index (Phi) is 2.16. The predicted octanol–water partition coefficient (Wildman–Crippen LogP) is 0.317. The molecule has 0 aliphatic heterocycles. The third-order valence-electron chi connectivity index (χ3n) is 1.38. The van der Waals surface area contributed by atoms with Crippen molar-refractivity contribution in [1.29, 1.82) is 0 Å². The summed E-state index contributed by atoms with van der Waals surface area (Å²) in [4.78, 5) is 3.93. The number of aliphatic hydroxyl groups excluding tert-OH is 1. The van der Waals surface area contributed by atoms with E-state index in [9.17, 15) is 0 Å². The van der Waals surface area contributed by atoms with Crippen LogP contribution in [0, 0.1) is 0 Å². The highest BCUT2D eigenvalue weighted by molar-refractivity contribution is 4.99. The van der Waals surface area contributed by atoms with E-state index in [0.717, 1.165) is 0 Å². The molecular formula is C7H13N3O2. The van der Waals surface area contributed by atoms with Gasteiger partial charge in [-0.2, -0.15) is 4.98 Å². The Labute approximate surface area is 70.6 Å². The van der Waals surface area contributed by atoms with E-state index in [1.165, 1.54) is 0 Å². The molecule has 0 fully saturated rings. The number of aliphatic hydroxyl groups is 1. The molecule has 0 amide bonds. The topological polar surface area (TPSA) is 85.2 Å². The van der Waals surface area contributed by atoms with E-state index in [-0.39, 0.29) is 5.89 Å². The lowest BCUT2D eigenvalue weighted by molar-refractivity contribution is 0.151. The van der Waals surface area contributed by atoms with Crippen molar-refractivity contribution in [3.63, 3.8) is 0 Å². The Morgan fingerprint density at radius 1 is 1.58 bits per heavy atom. The quantitative estimate of drug-likeness (QED) is 0.669. The second kappa shape index (κ2) is 2.84. The molecule has 0 aromatic carbocycles. The number of rotatable bonds is 2. The lowest BCUT2D eigenvalue weighted by atomic mass is 10.1. The van der Waals surface area contributed by atoms with Crippen LogP contribution in [-0.2, 0) is 5.54 Å². The van der Waals surface area contributed by atoms with Crippen molar-refractivity contribution in [2.45, 2.75) is 32.4 Å². The maximum atomic E-state index is 9.07. The van der Waals surface area contributed by atoms with E-state index < -0.39 is 11.6 Å². The number of hydrogen-bond acceptors (Lipinski definition) is 5. The van der Waals surface area contributed by atoms with Crippen LogP contribution >= 0.6 is 0 Å². The van der Waals surface area contributed by atoms with E-state index in [1.54, 1.807) is 20.8 Å². The highest BCUT2D eigenvalue weighted by atomic mass is 16.5. The molecule has 0 radical (unpaired) electrons. The molecule has 0 saturated carbocycles. The van der Waals surface area contributed by atoms with Crippen LogP contribution in [0.4, 0.5) is 0 Å². The summed E-state index contributed by atoms with van der Waals surface area (Å²) in [6.45, 7) is 5.09. The lowest BCUT2D eigenvalue weighted by Crippen LogP contribution is -2.30. The smallest absolute Gasteiger partial charge is 0.255 e. The van der Waals surface area contributed by atoms with Gasteiger partial charge in [0, 0.05) is 0 Å². The summed E-state index contributed by atoms with van der Waals surface area (Å²) < 4.78 is 4.76. The monoisotopic (exact) mass is 171 g/mol. The van der Waals surface area contributed by atoms with Crippen LogP contribution in [-0.4, -0.2) is 15.2 Å². The molecule has 1 aromatic rings.